The molecule has 0 saturated heterocycles. The smallest absolute Gasteiger partial charge is 0.0149 e. The van der Waals surface area contributed by atoms with Crippen molar-refractivity contribution >= 4 is 11.3 Å². The Labute approximate surface area is 119 Å². The van der Waals surface area contributed by atoms with Crippen LogP contribution in [0.5, 0.6) is 0 Å². The zero-order chi connectivity index (χ0) is 13.2. The monoisotopic (exact) mass is 271 g/mol. The second-order valence-corrected chi connectivity index (χ2v) is 6.66. The normalized spacial score (nSPS) is 20.0. The molecule has 0 aliphatic heterocycles. The Morgan fingerprint density at radius 2 is 2.26 bits per heavy atom. The second-order valence-electron chi connectivity index (χ2n) is 5.65. The summed E-state index contributed by atoms with van der Waals surface area (Å²) < 4.78 is 0. The summed E-state index contributed by atoms with van der Waals surface area (Å²) in [5.74, 6) is 0.551. The van der Waals surface area contributed by atoms with E-state index in [1.807, 2.05) is 11.3 Å². The van der Waals surface area contributed by atoms with E-state index in [4.69, 9.17) is 5.73 Å². The zero-order valence-electron chi connectivity index (χ0n) is 11.4. The number of thiophene rings is 1. The third-order valence-corrected chi connectivity index (χ3v) is 5.17. The molecule has 0 spiro atoms. The summed E-state index contributed by atoms with van der Waals surface area (Å²) in [5, 5.41) is 2.22. The van der Waals surface area contributed by atoms with Crippen molar-refractivity contribution in [3.8, 4) is 0 Å². The standard InChI is InChI=1S/C17H21NS/c1-12-4-2-5-13(10-12)11-16(18)14-6-3-7-17-15(14)8-9-19-17/h2,4-5,8-10,14,16H,3,6-7,11,18H2,1H3. The highest BCUT2D eigenvalue weighted by atomic mass is 32.1. The van der Waals surface area contributed by atoms with Gasteiger partial charge in [-0.1, -0.05) is 29.8 Å². The first-order valence-electron chi connectivity index (χ1n) is 7.11. The van der Waals surface area contributed by atoms with E-state index in [1.54, 1.807) is 4.88 Å². The molecule has 1 heterocycles. The molecule has 2 unspecified atom stereocenters. The van der Waals surface area contributed by atoms with Crippen LogP contribution in [-0.2, 0) is 12.8 Å². The average Bonchev–Trinajstić information content (AvgIpc) is 2.86. The number of rotatable bonds is 3. The zero-order valence-corrected chi connectivity index (χ0v) is 12.2. The summed E-state index contributed by atoms with van der Waals surface area (Å²) in [5.41, 5.74) is 10.7. The van der Waals surface area contributed by atoms with E-state index in [0.29, 0.717) is 5.92 Å². The van der Waals surface area contributed by atoms with Gasteiger partial charge < -0.3 is 5.73 Å². The molecule has 2 heteroatoms. The van der Waals surface area contributed by atoms with Crippen molar-refractivity contribution in [2.45, 2.75) is 44.6 Å². The Balaban J connectivity index is 1.77. The molecule has 3 rings (SSSR count). The first-order valence-corrected chi connectivity index (χ1v) is 7.99. The maximum Gasteiger partial charge on any atom is 0.0149 e. The molecule has 1 nitrogen and oxygen atoms in total. The number of hydrogen-bond acceptors (Lipinski definition) is 2. The van der Waals surface area contributed by atoms with Crippen molar-refractivity contribution in [1.29, 1.82) is 0 Å². The Kier molecular flexibility index (Phi) is 3.72. The van der Waals surface area contributed by atoms with Gasteiger partial charge in [-0.25, -0.2) is 0 Å². The maximum atomic E-state index is 6.51. The van der Waals surface area contributed by atoms with E-state index in [0.717, 1.165) is 6.42 Å². The van der Waals surface area contributed by atoms with Gasteiger partial charge in [-0.3, -0.25) is 0 Å². The van der Waals surface area contributed by atoms with E-state index < -0.39 is 0 Å². The fourth-order valence-electron chi connectivity index (χ4n) is 3.22. The molecule has 0 radical (unpaired) electrons. The minimum Gasteiger partial charge on any atom is -0.327 e. The minimum absolute atomic E-state index is 0.246. The van der Waals surface area contributed by atoms with Crippen LogP contribution in [0, 0.1) is 6.92 Å². The van der Waals surface area contributed by atoms with E-state index in [1.165, 1.54) is 36.0 Å². The fourth-order valence-corrected chi connectivity index (χ4v) is 4.22. The van der Waals surface area contributed by atoms with Gasteiger partial charge in [0.15, 0.2) is 0 Å². The SMILES string of the molecule is Cc1cccc(CC(N)C2CCCc3sccc32)c1. The highest BCUT2D eigenvalue weighted by molar-refractivity contribution is 7.10. The molecule has 1 aliphatic rings. The number of fused-ring (bicyclic) bond motifs is 1. The first kappa shape index (κ1) is 12.9. The van der Waals surface area contributed by atoms with Gasteiger partial charge in [0.1, 0.15) is 0 Å². The molecule has 0 bridgehead atoms. The summed E-state index contributed by atoms with van der Waals surface area (Å²) in [4.78, 5) is 1.57. The van der Waals surface area contributed by atoms with Gasteiger partial charge in [0, 0.05) is 16.8 Å². The van der Waals surface area contributed by atoms with Gasteiger partial charge in [-0.2, -0.15) is 0 Å². The number of aryl methyl sites for hydroxylation is 2. The predicted octanol–water partition coefficient (Wildman–Crippen LogP) is 4.05. The van der Waals surface area contributed by atoms with E-state index >= 15 is 0 Å². The van der Waals surface area contributed by atoms with Crippen molar-refractivity contribution < 1.29 is 0 Å². The lowest BCUT2D eigenvalue weighted by molar-refractivity contribution is 0.464. The Bertz CT molecular complexity index is 558. The third kappa shape index (κ3) is 2.75. The van der Waals surface area contributed by atoms with Crippen LogP contribution in [0.15, 0.2) is 35.7 Å². The van der Waals surface area contributed by atoms with Crippen LogP contribution in [0.25, 0.3) is 0 Å². The molecule has 2 aromatic rings. The average molecular weight is 271 g/mol. The fraction of sp³-hybridized carbons (Fsp3) is 0.412. The second kappa shape index (κ2) is 5.48. The van der Waals surface area contributed by atoms with Gasteiger partial charge in [0.25, 0.3) is 0 Å². The minimum atomic E-state index is 0.246. The summed E-state index contributed by atoms with van der Waals surface area (Å²) in [7, 11) is 0. The molecule has 0 amide bonds. The van der Waals surface area contributed by atoms with Crippen LogP contribution < -0.4 is 5.73 Å². The highest BCUT2D eigenvalue weighted by Gasteiger charge is 2.26. The molecular formula is C17H21NS. The molecule has 1 aromatic heterocycles. The summed E-state index contributed by atoms with van der Waals surface area (Å²) in [6, 6.07) is 11.3. The van der Waals surface area contributed by atoms with Crippen molar-refractivity contribution in [3.63, 3.8) is 0 Å². The van der Waals surface area contributed by atoms with Crippen LogP contribution >= 0.6 is 11.3 Å². The van der Waals surface area contributed by atoms with Crippen molar-refractivity contribution in [3.05, 3.63) is 57.3 Å². The van der Waals surface area contributed by atoms with Crippen molar-refractivity contribution in [2.24, 2.45) is 5.73 Å². The van der Waals surface area contributed by atoms with Gasteiger partial charge >= 0.3 is 0 Å². The predicted molar refractivity (Wildman–Crippen MR) is 82.9 cm³/mol. The van der Waals surface area contributed by atoms with Gasteiger partial charge in [0.05, 0.1) is 0 Å². The first-order chi connectivity index (χ1) is 9.24. The quantitative estimate of drug-likeness (QED) is 0.895. The lowest BCUT2D eigenvalue weighted by atomic mass is 9.81. The largest absolute Gasteiger partial charge is 0.327 e. The van der Waals surface area contributed by atoms with Crippen LogP contribution in [0.3, 0.4) is 0 Å². The lowest BCUT2D eigenvalue weighted by Crippen LogP contribution is -2.32. The summed E-state index contributed by atoms with van der Waals surface area (Å²) >= 11 is 1.90. The van der Waals surface area contributed by atoms with E-state index in [2.05, 4.69) is 42.6 Å². The molecule has 19 heavy (non-hydrogen) atoms. The van der Waals surface area contributed by atoms with Gasteiger partial charge in [-0.15, -0.1) is 11.3 Å². The van der Waals surface area contributed by atoms with Gasteiger partial charge in [0.2, 0.25) is 0 Å². The van der Waals surface area contributed by atoms with Crippen molar-refractivity contribution in [2.75, 3.05) is 0 Å². The lowest BCUT2D eigenvalue weighted by Gasteiger charge is -2.28. The Hall–Kier alpha value is -1.12. The summed E-state index contributed by atoms with van der Waals surface area (Å²) in [6.45, 7) is 2.15. The molecular weight excluding hydrogens is 250 g/mol. The molecule has 0 fully saturated rings. The Morgan fingerprint density at radius 1 is 1.37 bits per heavy atom. The van der Waals surface area contributed by atoms with Crippen LogP contribution in [0.4, 0.5) is 0 Å². The number of hydrogen-bond donors (Lipinski definition) is 1. The summed E-state index contributed by atoms with van der Waals surface area (Å²) in [6.07, 6.45) is 4.78. The molecule has 2 atom stereocenters. The number of benzene rings is 1. The maximum absolute atomic E-state index is 6.51. The van der Waals surface area contributed by atoms with Crippen LogP contribution in [-0.4, -0.2) is 6.04 Å². The van der Waals surface area contributed by atoms with Crippen LogP contribution in [0.2, 0.25) is 0 Å². The topological polar surface area (TPSA) is 26.0 Å². The van der Waals surface area contributed by atoms with E-state index in [-0.39, 0.29) is 6.04 Å². The third-order valence-electron chi connectivity index (χ3n) is 4.17. The highest BCUT2D eigenvalue weighted by Crippen LogP contribution is 2.37. The molecule has 2 N–H and O–H groups in total. The molecule has 1 aromatic carbocycles. The molecule has 1 aliphatic carbocycles. The molecule has 100 valence electrons. The van der Waals surface area contributed by atoms with E-state index in [9.17, 15) is 0 Å². The Morgan fingerprint density at radius 3 is 3.11 bits per heavy atom. The number of nitrogens with two attached hydrogens (primary N) is 1. The van der Waals surface area contributed by atoms with Crippen molar-refractivity contribution in [1.82, 2.24) is 0 Å². The molecule has 0 saturated carbocycles. The van der Waals surface area contributed by atoms with Crippen LogP contribution in [0.1, 0.15) is 40.3 Å². The van der Waals surface area contributed by atoms with Gasteiger partial charge in [-0.05, 0) is 55.2 Å².